The predicted octanol–water partition coefficient (Wildman–Crippen LogP) is 1.66. The summed E-state index contributed by atoms with van der Waals surface area (Å²) in [5.74, 6) is 0.620. The maximum absolute atomic E-state index is 10.3. The second-order valence-electron chi connectivity index (χ2n) is 4.29. The van der Waals surface area contributed by atoms with E-state index in [9.17, 15) is 10.1 Å². The quantitative estimate of drug-likeness (QED) is 0.234. The Labute approximate surface area is 114 Å². The first kappa shape index (κ1) is 18.1. The first-order valence-corrected chi connectivity index (χ1v) is 6.86. The highest BCUT2D eigenvalue weighted by Gasteiger charge is 2.05. The van der Waals surface area contributed by atoms with Crippen LogP contribution in [0.5, 0.6) is 0 Å². The van der Waals surface area contributed by atoms with Gasteiger partial charge in [-0.3, -0.25) is 0 Å². The van der Waals surface area contributed by atoms with Crippen LogP contribution < -0.4 is 5.26 Å². The van der Waals surface area contributed by atoms with Gasteiger partial charge in [0.1, 0.15) is 6.61 Å². The lowest BCUT2D eigenvalue weighted by molar-refractivity contribution is -0.658. The number of unbranched alkanes of at least 4 members (excludes halogenated alkanes) is 1. The molecule has 1 unspecified atom stereocenters. The number of ether oxygens (including phenoxy) is 3. The fourth-order valence-electron chi connectivity index (χ4n) is 1.58. The summed E-state index contributed by atoms with van der Waals surface area (Å²) in [5, 5.41) is 9.57. The van der Waals surface area contributed by atoms with Gasteiger partial charge in [-0.05, 0) is 12.3 Å². The van der Waals surface area contributed by atoms with Crippen LogP contribution in [0.4, 0.5) is 4.79 Å². The SMILES string of the molecule is CCCCC(CC)COCCOCCOC(=O)O[O-]. The van der Waals surface area contributed by atoms with Gasteiger partial charge in [-0.2, -0.15) is 0 Å². The molecule has 19 heavy (non-hydrogen) atoms. The van der Waals surface area contributed by atoms with E-state index in [0.717, 1.165) is 13.0 Å². The average molecular weight is 277 g/mol. The second-order valence-corrected chi connectivity index (χ2v) is 4.29. The molecule has 0 aromatic rings. The van der Waals surface area contributed by atoms with E-state index in [1.54, 1.807) is 0 Å². The highest BCUT2D eigenvalue weighted by atomic mass is 17.1. The van der Waals surface area contributed by atoms with Gasteiger partial charge in [0.05, 0.1) is 19.8 Å². The molecule has 0 fully saturated rings. The molecule has 0 spiro atoms. The lowest BCUT2D eigenvalue weighted by atomic mass is 10.0. The molecular formula is C13H25O6-. The van der Waals surface area contributed by atoms with Gasteiger partial charge in [0, 0.05) is 6.61 Å². The van der Waals surface area contributed by atoms with Crippen LogP contribution in [0.3, 0.4) is 0 Å². The van der Waals surface area contributed by atoms with Crippen LogP contribution in [0, 0.1) is 5.92 Å². The van der Waals surface area contributed by atoms with Crippen molar-refractivity contribution in [3.05, 3.63) is 0 Å². The van der Waals surface area contributed by atoms with Crippen molar-refractivity contribution in [3.8, 4) is 0 Å². The molecule has 0 N–H and O–H groups in total. The highest BCUT2D eigenvalue weighted by Crippen LogP contribution is 2.12. The molecule has 0 aliphatic carbocycles. The van der Waals surface area contributed by atoms with E-state index in [4.69, 9.17) is 9.47 Å². The monoisotopic (exact) mass is 277 g/mol. The molecule has 0 aliphatic rings. The molecule has 1 atom stereocenters. The van der Waals surface area contributed by atoms with Crippen molar-refractivity contribution < 1.29 is 29.1 Å². The number of rotatable bonds is 12. The van der Waals surface area contributed by atoms with Gasteiger partial charge in [0.2, 0.25) is 0 Å². The van der Waals surface area contributed by atoms with Crippen molar-refractivity contribution in [2.75, 3.05) is 33.0 Å². The van der Waals surface area contributed by atoms with Crippen LogP contribution in [-0.4, -0.2) is 39.2 Å². The summed E-state index contributed by atoms with van der Waals surface area (Å²) in [5.41, 5.74) is 0. The smallest absolute Gasteiger partial charge is 0.502 e. The van der Waals surface area contributed by atoms with Crippen molar-refractivity contribution >= 4 is 6.16 Å². The molecule has 0 aromatic heterocycles. The van der Waals surface area contributed by atoms with Gasteiger partial charge in [-0.1, -0.05) is 33.1 Å². The van der Waals surface area contributed by atoms with Gasteiger partial charge in [-0.25, -0.2) is 4.79 Å². The van der Waals surface area contributed by atoms with Gasteiger partial charge in [-0.15, -0.1) is 0 Å². The molecule has 0 amide bonds. The lowest BCUT2D eigenvalue weighted by Crippen LogP contribution is -2.18. The van der Waals surface area contributed by atoms with Gasteiger partial charge >= 0.3 is 6.16 Å². The van der Waals surface area contributed by atoms with Gasteiger partial charge in [0.15, 0.2) is 0 Å². The summed E-state index contributed by atoms with van der Waals surface area (Å²) in [6.07, 6.45) is 3.56. The van der Waals surface area contributed by atoms with Crippen LogP contribution >= 0.6 is 0 Å². The molecule has 114 valence electrons. The number of hydrogen-bond acceptors (Lipinski definition) is 6. The zero-order valence-electron chi connectivity index (χ0n) is 11.9. The largest absolute Gasteiger partial charge is 0.659 e. The molecule has 0 saturated heterocycles. The molecule has 0 aromatic carbocycles. The molecule has 0 rings (SSSR count). The van der Waals surface area contributed by atoms with Crippen molar-refractivity contribution in [3.63, 3.8) is 0 Å². The van der Waals surface area contributed by atoms with Crippen molar-refractivity contribution in [1.82, 2.24) is 0 Å². The summed E-state index contributed by atoms with van der Waals surface area (Å²) in [4.78, 5) is 13.4. The first-order chi connectivity index (χ1) is 9.24. The third kappa shape index (κ3) is 11.9. The van der Waals surface area contributed by atoms with Crippen molar-refractivity contribution in [2.45, 2.75) is 39.5 Å². The van der Waals surface area contributed by atoms with E-state index in [-0.39, 0.29) is 13.2 Å². The van der Waals surface area contributed by atoms with E-state index in [0.29, 0.717) is 19.1 Å². The van der Waals surface area contributed by atoms with E-state index in [2.05, 4.69) is 23.5 Å². The topological polar surface area (TPSA) is 77.1 Å². The Morgan fingerprint density at radius 1 is 1.11 bits per heavy atom. The van der Waals surface area contributed by atoms with Crippen LogP contribution in [0.2, 0.25) is 0 Å². The Balaban J connectivity index is 3.27. The summed E-state index contributed by atoms with van der Waals surface area (Å²) < 4.78 is 15.0. The third-order valence-corrected chi connectivity index (χ3v) is 2.78. The number of hydrogen-bond donors (Lipinski definition) is 0. The zero-order valence-corrected chi connectivity index (χ0v) is 11.9. The Bertz CT molecular complexity index is 209. The Morgan fingerprint density at radius 2 is 1.79 bits per heavy atom. The lowest BCUT2D eigenvalue weighted by Gasteiger charge is -2.14. The molecule has 0 heterocycles. The van der Waals surface area contributed by atoms with Crippen molar-refractivity contribution in [2.24, 2.45) is 5.92 Å². The van der Waals surface area contributed by atoms with E-state index in [1.807, 2.05) is 0 Å². The fraction of sp³-hybridized carbons (Fsp3) is 0.923. The Kier molecular flexibility index (Phi) is 13.0. The minimum absolute atomic E-state index is 0.00909. The Hall–Kier alpha value is -0.850. The maximum Gasteiger partial charge on any atom is 0.502 e. The number of carbonyl (C=O) groups is 1. The maximum atomic E-state index is 10.3. The summed E-state index contributed by atoms with van der Waals surface area (Å²) in [6.45, 7) is 6.33. The second kappa shape index (κ2) is 13.6. The highest BCUT2D eigenvalue weighted by molar-refractivity contribution is 5.58. The molecule has 6 heteroatoms. The standard InChI is InChI=1S/C13H26O6/c1-3-5-6-12(4-2)11-17-8-7-16-9-10-18-13(14)19-15/h12,15H,3-11H2,1-2H3/p-1. The molecular weight excluding hydrogens is 252 g/mol. The van der Waals surface area contributed by atoms with E-state index < -0.39 is 6.16 Å². The van der Waals surface area contributed by atoms with Crippen LogP contribution in [0.1, 0.15) is 39.5 Å². The third-order valence-electron chi connectivity index (χ3n) is 2.78. The minimum Gasteiger partial charge on any atom is -0.659 e. The van der Waals surface area contributed by atoms with Gasteiger partial charge < -0.3 is 24.4 Å². The summed E-state index contributed by atoms with van der Waals surface area (Å²) in [6, 6.07) is 0. The van der Waals surface area contributed by atoms with Gasteiger partial charge in [0.25, 0.3) is 0 Å². The predicted molar refractivity (Wildman–Crippen MR) is 67.4 cm³/mol. The van der Waals surface area contributed by atoms with Crippen LogP contribution in [-0.2, 0) is 19.1 Å². The fourth-order valence-corrected chi connectivity index (χ4v) is 1.58. The van der Waals surface area contributed by atoms with E-state index in [1.165, 1.54) is 19.3 Å². The van der Waals surface area contributed by atoms with Crippen molar-refractivity contribution in [1.29, 1.82) is 0 Å². The summed E-state index contributed by atoms with van der Waals surface area (Å²) in [7, 11) is 0. The normalized spacial score (nSPS) is 12.2. The summed E-state index contributed by atoms with van der Waals surface area (Å²) >= 11 is 0. The zero-order chi connectivity index (χ0) is 14.3. The molecule has 0 saturated carbocycles. The minimum atomic E-state index is -1.23. The number of carbonyl (C=O) groups excluding carboxylic acids is 1. The molecule has 6 nitrogen and oxygen atoms in total. The first-order valence-electron chi connectivity index (χ1n) is 6.86. The molecule has 0 radical (unpaired) electrons. The Morgan fingerprint density at radius 3 is 2.42 bits per heavy atom. The average Bonchev–Trinajstić information content (AvgIpc) is 2.44. The van der Waals surface area contributed by atoms with Crippen LogP contribution in [0.25, 0.3) is 0 Å². The molecule has 0 bridgehead atoms. The van der Waals surface area contributed by atoms with Crippen LogP contribution in [0.15, 0.2) is 0 Å². The molecule has 0 aliphatic heterocycles. The van der Waals surface area contributed by atoms with E-state index >= 15 is 0 Å².